The summed E-state index contributed by atoms with van der Waals surface area (Å²) in [5, 5.41) is 0. The third-order valence-corrected chi connectivity index (χ3v) is 2.56. The van der Waals surface area contributed by atoms with Gasteiger partial charge in [-0.3, -0.25) is 4.98 Å². The van der Waals surface area contributed by atoms with E-state index in [1.807, 2.05) is 0 Å². The molecule has 9 heteroatoms. The second kappa shape index (κ2) is 6.08. The van der Waals surface area contributed by atoms with Gasteiger partial charge in [0, 0.05) is 6.20 Å². The first-order chi connectivity index (χ1) is 9.43. The highest BCUT2D eigenvalue weighted by Gasteiger charge is 2.59. The summed E-state index contributed by atoms with van der Waals surface area (Å²) in [5.74, 6) is -3.61. The third kappa shape index (κ3) is 4.76. The van der Waals surface area contributed by atoms with E-state index in [0.29, 0.717) is 0 Å². The minimum atomic E-state index is -5.51. The number of hydrogen-bond donors (Lipinski definition) is 1. The van der Waals surface area contributed by atoms with Crippen LogP contribution in [0.5, 0.6) is 5.75 Å². The first kappa shape index (κ1) is 17.5. The number of rotatable bonds is 4. The SMILES string of the molecule is CC(C)Oc1cncc(C(N)C(C(F)(F)F)C(F)(F)F)c1. The lowest BCUT2D eigenvalue weighted by Crippen LogP contribution is -2.44. The van der Waals surface area contributed by atoms with Crippen LogP contribution >= 0.6 is 0 Å². The highest BCUT2D eigenvalue weighted by Crippen LogP contribution is 2.45. The van der Waals surface area contributed by atoms with Crippen LogP contribution in [0, 0.1) is 5.92 Å². The van der Waals surface area contributed by atoms with Crippen molar-refractivity contribution in [3.8, 4) is 5.75 Å². The molecule has 0 fully saturated rings. The normalized spacial score (nSPS) is 14.6. The van der Waals surface area contributed by atoms with Gasteiger partial charge < -0.3 is 10.5 Å². The maximum atomic E-state index is 12.6. The van der Waals surface area contributed by atoms with Crippen molar-refractivity contribution < 1.29 is 31.1 Å². The minimum Gasteiger partial charge on any atom is -0.489 e. The molecular formula is C12H14F6N2O. The molecule has 0 aliphatic heterocycles. The van der Waals surface area contributed by atoms with E-state index in [-0.39, 0.29) is 11.9 Å². The van der Waals surface area contributed by atoms with Crippen LogP contribution in [-0.2, 0) is 0 Å². The zero-order valence-electron chi connectivity index (χ0n) is 11.2. The predicted molar refractivity (Wildman–Crippen MR) is 62.5 cm³/mol. The number of hydrogen-bond acceptors (Lipinski definition) is 3. The molecule has 120 valence electrons. The summed E-state index contributed by atoms with van der Waals surface area (Å²) >= 11 is 0. The van der Waals surface area contributed by atoms with E-state index in [9.17, 15) is 26.3 Å². The van der Waals surface area contributed by atoms with E-state index < -0.39 is 29.9 Å². The maximum Gasteiger partial charge on any atom is 0.402 e. The minimum absolute atomic E-state index is 0.0565. The van der Waals surface area contributed by atoms with Gasteiger partial charge in [-0.1, -0.05) is 0 Å². The lowest BCUT2D eigenvalue weighted by Gasteiger charge is -2.28. The summed E-state index contributed by atoms with van der Waals surface area (Å²) in [4.78, 5) is 3.57. The van der Waals surface area contributed by atoms with E-state index >= 15 is 0 Å². The van der Waals surface area contributed by atoms with Crippen molar-refractivity contribution in [3.63, 3.8) is 0 Å². The maximum absolute atomic E-state index is 12.6. The van der Waals surface area contributed by atoms with Crippen molar-refractivity contribution in [1.29, 1.82) is 0 Å². The van der Waals surface area contributed by atoms with E-state index in [1.165, 1.54) is 6.20 Å². The molecule has 1 aromatic heterocycles. The lowest BCUT2D eigenvalue weighted by molar-refractivity contribution is -0.290. The lowest BCUT2D eigenvalue weighted by atomic mass is 9.93. The molecule has 0 aromatic carbocycles. The van der Waals surface area contributed by atoms with Crippen molar-refractivity contribution in [2.45, 2.75) is 38.3 Å². The van der Waals surface area contributed by atoms with Gasteiger partial charge in [-0.15, -0.1) is 0 Å². The molecule has 1 unspecified atom stereocenters. The molecule has 3 nitrogen and oxygen atoms in total. The first-order valence-corrected chi connectivity index (χ1v) is 5.93. The van der Waals surface area contributed by atoms with Crippen LogP contribution in [0.2, 0.25) is 0 Å². The molecule has 1 aromatic rings. The largest absolute Gasteiger partial charge is 0.489 e. The Morgan fingerprint density at radius 1 is 1.05 bits per heavy atom. The Morgan fingerprint density at radius 2 is 1.57 bits per heavy atom. The molecule has 0 bridgehead atoms. The van der Waals surface area contributed by atoms with Crippen LogP contribution in [0.1, 0.15) is 25.5 Å². The van der Waals surface area contributed by atoms with Crippen LogP contribution in [0.3, 0.4) is 0 Å². The second-order valence-electron chi connectivity index (χ2n) is 4.71. The Kier molecular flexibility index (Phi) is 5.08. The monoisotopic (exact) mass is 316 g/mol. The average molecular weight is 316 g/mol. The van der Waals surface area contributed by atoms with Gasteiger partial charge in [0.25, 0.3) is 0 Å². The molecule has 0 saturated carbocycles. The Labute approximate surface area is 117 Å². The summed E-state index contributed by atoms with van der Waals surface area (Å²) in [7, 11) is 0. The van der Waals surface area contributed by atoms with E-state index in [4.69, 9.17) is 10.5 Å². The fourth-order valence-electron chi connectivity index (χ4n) is 1.74. The number of nitrogens with zero attached hydrogens (tertiary/aromatic N) is 1. The Hall–Kier alpha value is -1.51. The standard InChI is InChI=1S/C12H14F6N2O/c1-6(2)21-8-3-7(4-20-5-8)9(19)10(11(13,14)15)12(16,17)18/h3-6,9-10H,19H2,1-2H3. The van der Waals surface area contributed by atoms with Gasteiger partial charge in [0.2, 0.25) is 0 Å². The summed E-state index contributed by atoms with van der Waals surface area (Å²) in [6.45, 7) is 3.31. The molecular weight excluding hydrogens is 302 g/mol. The molecule has 0 saturated heterocycles. The third-order valence-electron chi connectivity index (χ3n) is 2.56. The molecule has 21 heavy (non-hydrogen) atoms. The van der Waals surface area contributed by atoms with Gasteiger partial charge in [0.15, 0.2) is 5.92 Å². The quantitative estimate of drug-likeness (QED) is 0.863. The predicted octanol–water partition coefficient (Wildman–Crippen LogP) is 3.61. The fourth-order valence-corrected chi connectivity index (χ4v) is 1.74. The zero-order chi connectivity index (χ0) is 16.4. The number of aromatic nitrogens is 1. The van der Waals surface area contributed by atoms with Crippen LogP contribution in [0.25, 0.3) is 0 Å². The van der Waals surface area contributed by atoms with Crippen molar-refractivity contribution in [1.82, 2.24) is 4.98 Å². The molecule has 0 aliphatic rings. The second-order valence-corrected chi connectivity index (χ2v) is 4.71. The average Bonchev–Trinajstić information content (AvgIpc) is 2.24. The summed E-state index contributed by atoms with van der Waals surface area (Å²) in [6, 6.07) is -1.28. The fraction of sp³-hybridized carbons (Fsp3) is 0.583. The molecule has 0 aliphatic carbocycles. The van der Waals surface area contributed by atoms with Crippen LogP contribution in [0.4, 0.5) is 26.3 Å². The molecule has 0 amide bonds. The molecule has 1 heterocycles. The van der Waals surface area contributed by atoms with Gasteiger partial charge in [0.05, 0.1) is 18.3 Å². The Bertz CT molecular complexity index is 458. The Morgan fingerprint density at radius 3 is 2.00 bits per heavy atom. The Balaban J connectivity index is 3.13. The van der Waals surface area contributed by atoms with Crippen molar-refractivity contribution in [2.75, 3.05) is 0 Å². The number of halogens is 6. The number of alkyl halides is 6. The number of pyridine rings is 1. The molecule has 1 atom stereocenters. The first-order valence-electron chi connectivity index (χ1n) is 5.93. The molecule has 0 spiro atoms. The van der Waals surface area contributed by atoms with Crippen LogP contribution < -0.4 is 10.5 Å². The molecule has 0 radical (unpaired) electrons. The van der Waals surface area contributed by atoms with Gasteiger partial charge >= 0.3 is 12.4 Å². The molecule has 2 N–H and O–H groups in total. The number of nitrogens with two attached hydrogens (primary N) is 1. The highest BCUT2D eigenvalue weighted by molar-refractivity contribution is 5.27. The molecule has 1 rings (SSSR count). The smallest absolute Gasteiger partial charge is 0.402 e. The van der Waals surface area contributed by atoms with Gasteiger partial charge in [0.1, 0.15) is 5.75 Å². The van der Waals surface area contributed by atoms with Crippen molar-refractivity contribution in [3.05, 3.63) is 24.0 Å². The van der Waals surface area contributed by atoms with Gasteiger partial charge in [-0.2, -0.15) is 26.3 Å². The van der Waals surface area contributed by atoms with Crippen molar-refractivity contribution in [2.24, 2.45) is 11.7 Å². The van der Waals surface area contributed by atoms with Crippen molar-refractivity contribution >= 4 is 0 Å². The van der Waals surface area contributed by atoms with Gasteiger partial charge in [-0.05, 0) is 25.5 Å². The zero-order valence-corrected chi connectivity index (χ0v) is 11.2. The number of ether oxygens (including phenoxy) is 1. The summed E-state index contributed by atoms with van der Waals surface area (Å²) in [5.41, 5.74) is 4.78. The summed E-state index contributed by atoms with van der Waals surface area (Å²) < 4.78 is 80.8. The van der Waals surface area contributed by atoms with Gasteiger partial charge in [-0.25, -0.2) is 0 Å². The van der Waals surface area contributed by atoms with E-state index in [1.54, 1.807) is 13.8 Å². The van der Waals surface area contributed by atoms with Crippen LogP contribution in [0.15, 0.2) is 18.5 Å². The summed E-state index contributed by atoms with van der Waals surface area (Å²) in [6.07, 6.45) is -9.27. The highest BCUT2D eigenvalue weighted by atomic mass is 19.4. The van der Waals surface area contributed by atoms with Crippen LogP contribution in [-0.4, -0.2) is 23.4 Å². The van der Waals surface area contributed by atoms with E-state index in [2.05, 4.69) is 4.98 Å². The topological polar surface area (TPSA) is 48.1 Å². The van der Waals surface area contributed by atoms with E-state index in [0.717, 1.165) is 12.3 Å².